The average Bonchev–Trinajstić information content (AvgIpc) is 3.17. The number of hydrogen-bond acceptors (Lipinski definition) is 7. The molecule has 3 rings (SSSR count). The molecule has 0 spiro atoms. The molecule has 1 saturated carbocycles. The summed E-state index contributed by atoms with van der Waals surface area (Å²) in [5.74, 6) is -0.562. The van der Waals surface area contributed by atoms with Gasteiger partial charge in [-0.05, 0) is 58.1 Å². The molecule has 11 heteroatoms. The first kappa shape index (κ1) is 25.4. The van der Waals surface area contributed by atoms with E-state index in [1.54, 1.807) is 26.2 Å². The maximum Gasteiger partial charge on any atom is 0.409 e. The maximum atomic E-state index is 13.0. The van der Waals surface area contributed by atoms with Crippen molar-refractivity contribution in [3.05, 3.63) is 23.5 Å². The Morgan fingerprint density at radius 1 is 1.35 bits per heavy atom. The third-order valence-corrected chi connectivity index (χ3v) is 6.00. The van der Waals surface area contributed by atoms with E-state index in [-0.39, 0.29) is 31.6 Å². The Bertz CT molecular complexity index is 1010. The van der Waals surface area contributed by atoms with Crippen LogP contribution in [-0.4, -0.2) is 67.9 Å². The van der Waals surface area contributed by atoms with Gasteiger partial charge in [0, 0.05) is 20.6 Å². The quantitative estimate of drug-likeness (QED) is 0.583. The molecule has 0 radical (unpaired) electrons. The summed E-state index contributed by atoms with van der Waals surface area (Å²) in [7, 11) is 3.25. The van der Waals surface area contributed by atoms with Gasteiger partial charge in [-0.25, -0.2) is 18.9 Å². The lowest BCUT2D eigenvalue weighted by atomic mass is 9.87. The highest BCUT2D eigenvalue weighted by atomic mass is 19.1. The summed E-state index contributed by atoms with van der Waals surface area (Å²) in [4.78, 5) is 29.5. The first-order valence-corrected chi connectivity index (χ1v) is 11.4. The normalized spacial score (nSPS) is 18.9. The van der Waals surface area contributed by atoms with Gasteiger partial charge in [-0.2, -0.15) is 0 Å². The number of aryl methyl sites for hydroxylation is 2. The number of hydrogen-bond donors (Lipinski definition) is 1. The molecule has 1 N–H and O–H groups in total. The predicted octanol–water partition coefficient (Wildman–Crippen LogP) is 3.52. The third kappa shape index (κ3) is 6.42. The highest BCUT2D eigenvalue weighted by Crippen LogP contribution is 2.30. The molecule has 34 heavy (non-hydrogen) atoms. The molecule has 0 aliphatic heterocycles. The third-order valence-electron chi connectivity index (χ3n) is 6.00. The number of ether oxygens (including phenoxy) is 2. The second-order valence-electron chi connectivity index (χ2n) is 8.78. The second-order valence-corrected chi connectivity index (χ2v) is 8.78. The van der Waals surface area contributed by atoms with E-state index in [0.717, 1.165) is 12.8 Å². The zero-order valence-corrected chi connectivity index (χ0v) is 20.0. The topological polar surface area (TPSA) is 120 Å². The highest BCUT2D eigenvalue weighted by molar-refractivity contribution is 5.70. The van der Waals surface area contributed by atoms with E-state index in [1.807, 2.05) is 6.92 Å². The average molecular weight is 478 g/mol. The lowest BCUT2D eigenvalue weighted by molar-refractivity contribution is -0.143. The smallest absolute Gasteiger partial charge is 0.409 e. The maximum absolute atomic E-state index is 13.0. The largest absolute Gasteiger partial charge is 0.489 e. The van der Waals surface area contributed by atoms with Crippen LogP contribution in [0.3, 0.4) is 0 Å². The van der Waals surface area contributed by atoms with Crippen molar-refractivity contribution < 1.29 is 28.6 Å². The summed E-state index contributed by atoms with van der Waals surface area (Å²) < 4.78 is 26.0. The molecule has 1 aliphatic carbocycles. The number of aliphatic carboxylic acids is 1. The van der Waals surface area contributed by atoms with E-state index >= 15 is 0 Å². The number of carboxylic acids is 1. The first-order valence-electron chi connectivity index (χ1n) is 11.4. The molecular formula is C23H32FN5O5. The van der Waals surface area contributed by atoms with Gasteiger partial charge in [-0.3, -0.25) is 4.79 Å². The van der Waals surface area contributed by atoms with Crippen molar-refractivity contribution in [2.24, 2.45) is 13.0 Å². The van der Waals surface area contributed by atoms with Gasteiger partial charge >= 0.3 is 12.1 Å². The van der Waals surface area contributed by atoms with E-state index in [1.165, 1.54) is 16.5 Å². The monoisotopic (exact) mass is 477 g/mol. The van der Waals surface area contributed by atoms with Crippen molar-refractivity contribution in [1.82, 2.24) is 24.9 Å². The minimum atomic E-state index is -0.999. The van der Waals surface area contributed by atoms with Crippen molar-refractivity contribution in [3.8, 4) is 17.1 Å². The van der Waals surface area contributed by atoms with Gasteiger partial charge in [-0.1, -0.05) is 5.21 Å². The van der Waals surface area contributed by atoms with E-state index in [2.05, 4.69) is 15.3 Å². The summed E-state index contributed by atoms with van der Waals surface area (Å²) >= 11 is 0. The number of carbonyl (C=O) groups excluding carboxylic acids is 1. The number of carbonyl (C=O) groups is 2. The van der Waals surface area contributed by atoms with Gasteiger partial charge in [0.2, 0.25) is 0 Å². The SMILES string of the molecule is Cc1nc(-c2nnn(C)c2COC(=O)N(C)CCC(C)F)ccc1O[C@H]1CCC[C@H](C(=O)O)C1. The van der Waals surface area contributed by atoms with Gasteiger partial charge in [0.1, 0.15) is 23.7 Å². The van der Waals surface area contributed by atoms with Crippen LogP contribution >= 0.6 is 0 Å². The molecule has 3 atom stereocenters. The number of pyridine rings is 1. The molecule has 2 aromatic heterocycles. The molecule has 2 aromatic rings. The zero-order valence-electron chi connectivity index (χ0n) is 20.0. The van der Waals surface area contributed by atoms with E-state index in [0.29, 0.717) is 41.4 Å². The predicted molar refractivity (Wildman–Crippen MR) is 121 cm³/mol. The fourth-order valence-electron chi connectivity index (χ4n) is 3.90. The van der Waals surface area contributed by atoms with Crippen LogP contribution in [-0.2, 0) is 23.2 Å². The Labute approximate surface area is 198 Å². The molecule has 2 heterocycles. The van der Waals surface area contributed by atoms with Crippen LogP contribution in [0.4, 0.5) is 9.18 Å². The second kappa shape index (κ2) is 11.3. The Morgan fingerprint density at radius 2 is 2.12 bits per heavy atom. The summed E-state index contributed by atoms with van der Waals surface area (Å²) in [5, 5.41) is 17.5. The molecular weight excluding hydrogens is 445 g/mol. The van der Waals surface area contributed by atoms with Crippen LogP contribution in [0.15, 0.2) is 12.1 Å². The number of alkyl halides is 1. The van der Waals surface area contributed by atoms with Crippen LogP contribution in [0, 0.1) is 12.8 Å². The van der Waals surface area contributed by atoms with Crippen LogP contribution in [0.2, 0.25) is 0 Å². The van der Waals surface area contributed by atoms with Crippen molar-refractivity contribution in [3.63, 3.8) is 0 Å². The van der Waals surface area contributed by atoms with Crippen LogP contribution in [0.25, 0.3) is 11.4 Å². The molecule has 0 bridgehead atoms. The fourth-order valence-corrected chi connectivity index (χ4v) is 3.90. The van der Waals surface area contributed by atoms with Gasteiger partial charge in [0.25, 0.3) is 0 Å². The number of rotatable bonds is 9. The summed E-state index contributed by atoms with van der Waals surface area (Å²) in [5.41, 5.74) is 2.24. The molecule has 186 valence electrons. The molecule has 1 amide bonds. The molecule has 0 aromatic carbocycles. The summed E-state index contributed by atoms with van der Waals surface area (Å²) in [6.07, 6.45) is 1.29. The first-order chi connectivity index (χ1) is 16.2. The molecule has 1 fully saturated rings. The standard InChI is InChI=1S/C23H32FN5O5/c1-14(24)10-11-28(3)23(32)33-13-19-21(26-27-29(19)4)18-8-9-20(15(2)25-18)34-17-7-5-6-16(12-17)22(30)31/h8-9,14,16-17H,5-7,10-13H2,1-4H3,(H,30,31)/t14?,16-,17-/m0/s1. The van der Waals surface area contributed by atoms with E-state index in [4.69, 9.17) is 9.47 Å². The zero-order chi connectivity index (χ0) is 24.8. The van der Waals surface area contributed by atoms with Crippen molar-refractivity contribution in [2.75, 3.05) is 13.6 Å². The number of aromatic nitrogens is 4. The number of carboxylic acid groups (broad SMARTS) is 1. The minimum absolute atomic E-state index is 0.0647. The number of amides is 1. The number of nitrogens with zero attached hydrogens (tertiary/aromatic N) is 5. The summed E-state index contributed by atoms with van der Waals surface area (Å²) in [6.45, 7) is 3.45. The van der Waals surface area contributed by atoms with Gasteiger partial charge < -0.3 is 19.5 Å². The lowest BCUT2D eigenvalue weighted by Crippen LogP contribution is -2.29. The highest BCUT2D eigenvalue weighted by Gasteiger charge is 2.28. The molecule has 1 unspecified atom stereocenters. The Kier molecular flexibility index (Phi) is 8.41. The summed E-state index contributed by atoms with van der Waals surface area (Å²) in [6, 6.07) is 3.54. The minimum Gasteiger partial charge on any atom is -0.489 e. The van der Waals surface area contributed by atoms with Crippen molar-refractivity contribution in [2.45, 2.75) is 64.8 Å². The number of halogens is 1. The Morgan fingerprint density at radius 3 is 2.79 bits per heavy atom. The Hall–Kier alpha value is -3.24. The van der Waals surface area contributed by atoms with Gasteiger partial charge in [0.05, 0.1) is 29.6 Å². The van der Waals surface area contributed by atoms with Crippen molar-refractivity contribution >= 4 is 12.1 Å². The van der Waals surface area contributed by atoms with Crippen LogP contribution < -0.4 is 4.74 Å². The van der Waals surface area contributed by atoms with E-state index < -0.39 is 18.2 Å². The lowest BCUT2D eigenvalue weighted by Gasteiger charge is -2.27. The van der Waals surface area contributed by atoms with E-state index in [9.17, 15) is 19.1 Å². The Balaban J connectivity index is 1.67. The molecule has 1 aliphatic rings. The molecule has 10 nitrogen and oxygen atoms in total. The fraction of sp³-hybridized carbons (Fsp3) is 0.609. The van der Waals surface area contributed by atoms with Gasteiger partial charge in [-0.15, -0.1) is 5.10 Å². The van der Waals surface area contributed by atoms with Gasteiger partial charge in [0.15, 0.2) is 0 Å². The molecule has 0 saturated heterocycles. The van der Waals surface area contributed by atoms with Crippen LogP contribution in [0.5, 0.6) is 5.75 Å². The van der Waals surface area contributed by atoms with Crippen LogP contribution in [0.1, 0.15) is 50.4 Å². The van der Waals surface area contributed by atoms with Crippen molar-refractivity contribution in [1.29, 1.82) is 0 Å².